The van der Waals surface area contributed by atoms with Gasteiger partial charge in [-0.3, -0.25) is 9.78 Å². The minimum atomic E-state index is -0.966. The number of carbonyl (C=O) groups is 2. The number of carbonyl (C=O) groups excluding carboxylic acids is 1. The van der Waals surface area contributed by atoms with E-state index >= 15 is 0 Å². The van der Waals surface area contributed by atoms with Crippen LogP contribution in [0.4, 0.5) is 0 Å². The first-order valence-electron chi connectivity index (χ1n) is 10.1. The van der Waals surface area contributed by atoms with Gasteiger partial charge in [-0.05, 0) is 31.0 Å². The van der Waals surface area contributed by atoms with E-state index < -0.39 is 12.1 Å². The van der Waals surface area contributed by atoms with Crippen LogP contribution < -0.4 is 0 Å². The summed E-state index contributed by atoms with van der Waals surface area (Å²) in [6, 6.07) is 5.84. The lowest BCUT2D eigenvalue weighted by atomic mass is 10.1. The monoisotopic (exact) mass is 418 g/mol. The largest absolute Gasteiger partial charge is 0.479 e. The Morgan fingerprint density at radius 3 is 2.69 bits per heavy atom. The van der Waals surface area contributed by atoms with Crippen molar-refractivity contribution >= 4 is 23.2 Å². The number of rotatable bonds is 12. The van der Waals surface area contributed by atoms with Crippen molar-refractivity contribution in [2.45, 2.75) is 58.6 Å². The summed E-state index contributed by atoms with van der Waals surface area (Å²) in [4.78, 5) is 30.8. The van der Waals surface area contributed by atoms with Crippen LogP contribution in [-0.2, 0) is 27.3 Å². The molecule has 0 aromatic carbocycles. The molecule has 0 bridgehead atoms. The zero-order valence-corrected chi connectivity index (χ0v) is 18.2. The van der Waals surface area contributed by atoms with Crippen molar-refractivity contribution in [2.75, 3.05) is 13.7 Å². The molecule has 0 unspecified atom stereocenters. The zero-order valence-electron chi connectivity index (χ0n) is 17.4. The minimum Gasteiger partial charge on any atom is -0.479 e. The fourth-order valence-corrected chi connectivity index (χ4v) is 3.92. The normalized spacial score (nSPS) is 12.0. The molecule has 0 saturated heterocycles. The van der Waals surface area contributed by atoms with Gasteiger partial charge in [0, 0.05) is 48.5 Å². The van der Waals surface area contributed by atoms with Crippen molar-refractivity contribution in [2.24, 2.45) is 0 Å². The molecule has 1 N–H and O–H groups in total. The first-order chi connectivity index (χ1) is 13.9. The molecule has 0 aliphatic carbocycles. The molecule has 0 saturated carbocycles. The summed E-state index contributed by atoms with van der Waals surface area (Å²) in [6.07, 6.45) is 4.87. The molecule has 2 heterocycles. The summed E-state index contributed by atoms with van der Waals surface area (Å²) >= 11 is 1.61. The number of hydrogen-bond acceptors (Lipinski definition) is 5. The number of pyridine rings is 1. The van der Waals surface area contributed by atoms with Crippen LogP contribution in [0.5, 0.6) is 0 Å². The van der Waals surface area contributed by atoms with E-state index in [-0.39, 0.29) is 12.3 Å². The first-order valence-corrected chi connectivity index (χ1v) is 10.9. The lowest BCUT2D eigenvalue weighted by molar-refractivity contribution is -0.150. The quantitative estimate of drug-likeness (QED) is 0.518. The topological polar surface area (TPSA) is 79.7 Å². The van der Waals surface area contributed by atoms with Gasteiger partial charge in [0.25, 0.3) is 0 Å². The van der Waals surface area contributed by atoms with E-state index in [1.54, 1.807) is 29.4 Å². The molecular formula is C22H30N2O4S. The maximum atomic E-state index is 12.2. The lowest BCUT2D eigenvalue weighted by Crippen LogP contribution is -2.26. The number of ether oxygens (including phenoxy) is 1. The van der Waals surface area contributed by atoms with Crippen LogP contribution in [0, 0.1) is 0 Å². The number of nitrogens with zero attached hydrogens (tertiary/aromatic N) is 2. The number of aromatic nitrogens is 1. The van der Waals surface area contributed by atoms with Crippen LogP contribution in [0.15, 0.2) is 29.8 Å². The fourth-order valence-electron chi connectivity index (χ4n) is 2.99. The van der Waals surface area contributed by atoms with Crippen LogP contribution in [0.25, 0.3) is 11.3 Å². The summed E-state index contributed by atoms with van der Waals surface area (Å²) in [6.45, 7) is 4.87. The summed E-state index contributed by atoms with van der Waals surface area (Å²) in [5, 5.41) is 11.2. The third-order valence-electron chi connectivity index (χ3n) is 4.65. The van der Waals surface area contributed by atoms with Gasteiger partial charge in [0.05, 0.1) is 12.2 Å². The standard InChI is InChI=1S/C22H30N2O4S/c1-4-6-7-8-21(25)24(3)14-18-12-17(15-29-18)19-10-9-16(13-23-19)11-20(22(26)27)28-5-2/h9-10,12-13,15,20H,4-8,11,14H2,1-3H3,(H,26,27)/t20-/m0/s1. The van der Waals surface area contributed by atoms with Gasteiger partial charge < -0.3 is 14.7 Å². The van der Waals surface area contributed by atoms with Crippen molar-refractivity contribution in [1.29, 1.82) is 0 Å². The highest BCUT2D eigenvalue weighted by molar-refractivity contribution is 7.10. The van der Waals surface area contributed by atoms with E-state index in [9.17, 15) is 14.7 Å². The Balaban J connectivity index is 1.96. The molecule has 0 spiro atoms. The molecule has 7 heteroatoms. The number of carboxylic acids is 1. The Morgan fingerprint density at radius 2 is 2.07 bits per heavy atom. The Kier molecular flexibility index (Phi) is 9.28. The summed E-state index contributed by atoms with van der Waals surface area (Å²) in [7, 11) is 1.85. The summed E-state index contributed by atoms with van der Waals surface area (Å²) < 4.78 is 5.25. The van der Waals surface area contributed by atoms with Gasteiger partial charge in [-0.2, -0.15) is 0 Å². The summed E-state index contributed by atoms with van der Waals surface area (Å²) in [5.74, 6) is -0.787. The van der Waals surface area contributed by atoms with Crippen LogP contribution in [0.3, 0.4) is 0 Å². The van der Waals surface area contributed by atoms with Gasteiger partial charge in [0.15, 0.2) is 6.10 Å². The average molecular weight is 419 g/mol. The van der Waals surface area contributed by atoms with Gasteiger partial charge >= 0.3 is 5.97 Å². The van der Waals surface area contributed by atoms with Crippen LogP contribution in [0.1, 0.15) is 50.0 Å². The predicted molar refractivity (Wildman–Crippen MR) is 115 cm³/mol. The Hall–Kier alpha value is -2.25. The maximum Gasteiger partial charge on any atom is 0.333 e. The van der Waals surface area contributed by atoms with Crippen LogP contribution in [0.2, 0.25) is 0 Å². The fraction of sp³-hybridized carbons (Fsp3) is 0.500. The van der Waals surface area contributed by atoms with E-state index in [4.69, 9.17) is 4.74 Å². The second kappa shape index (κ2) is 11.7. The number of carboxylic acid groups (broad SMARTS) is 1. The lowest BCUT2D eigenvalue weighted by Gasteiger charge is -2.16. The highest BCUT2D eigenvalue weighted by Crippen LogP contribution is 2.25. The molecule has 1 amide bonds. The predicted octanol–water partition coefficient (Wildman–Crippen LogP) is 4.38. The molecule has 158 valence electrons. The summed E-state index contributed by atoms with van der Waals surface area (Å²) in [5.41, 5.74) is 2.65. The second-order valence-electron chi connectivity index (χ2n) is 7.05. The van der Waals surface area contributed by atoms with E-state index in [1.165, 1.54) is 0 Å². The number of aliphatic carboxylic acids is 1. The van der Waals surface area contributed by atoms with Crippen molar-refractivity contribution in [3.8, 4) is 11.3 Å². The molecule has 1 atom stereocenters. The molecule has 29 heavy (non-hydrogen) atoms. The SMILES string of the molecule is CCCCCC(=O)N(C)Cc1cc(-c2ccc(C[C@H](OCC)C(=O)O)cn2)cs1. The molecule has 0 aliphatic rings. The number of hydrogen-bond donors (Lipinski definition) is 1. The van der Waals surface area contributed by atoms with Crippen molar-refractivity contribution in [1.82, 2.24) is 9.88 Å². The molecule has 2 rings (SSSR count). The molecule has 0 fully saturated rings. The van der Waals surface area contributed by atoms with Crippen LogP contribution >= 0.6 is 11.3 Å². The van der Waals surface area contributed by atoms with Crippen molar-refractivity contribution < 1.29 is 19.4 Å². The van der Waals surface area contributed by atoms with Gasteiger partial charge in [0.1, 0.15) is 0 Å². The molecule has 0 aliphatic heterocycles. The number of amides is 1. The highest BCUT2D eigenvalue weighted by atomic mass is 32.1. The molecule has 2 aromatic rings. The van der Waals surface area contributed by atoms with Gasteiger partial charge in [-0.1, -0.05) is 25.8 Å². The highest BCUT2D eigenvalue weighted by Gasteiger charge is 2.18. The average Bonchev–Trinajstić information content (AvgIpc) is 3.16. The Bertz CT molecular complexity index is 788. The van der Waals surface area contributed by atoms with Gasteiger partial charge in [0.2, 0.25) is 5.91 Å². The van der Waals surface area contributed by atoms with Crippen LogP contribution in [-0.4, -0.2) is 46.6 Å². The van der Waals surface area contributed by atoms with E-state index in [0.717, 1.165) is 41.0 Å². The molecule has 2 aromatic heterocycles. The zero-order chi connectivity index (χ0) is 21.2. The molecule has 0 radical (unpaired) electrons. The van der Waals surface area contributed by atoms with E-state index in [2.05, 4.69) is 18.0 Å². The van der Waals surface area contributed by atoms with E-state index in [0.29, 0.717) is 19.6 Å². The van der Waals surface area contributed by atoms with Crippen molar-refractivity contribution in [3.63, 3.8) is 0 Å². The maximum absolute atomic E-state index is 12.2. The molecular weight excluding hydrogens is 388 g/mol. The third-order valence-corrected chi connectivity index (χ3v) is 5.57. The smallest absolute Gasteiger partial charge is 0.333 e. The van der Waals surface area contributed by atoms with Gasteiger partial charge in [-0.15, -0.1) is 11.3 Å². The first kappa shape index (κ1) is 23.0. The Labute approximate surface area is 176 Å². The van der Waals surface area contributed by atoms with E-state index in [1.807, 2.05) is 24.6 Å². The number of thiophene rings is 1. The second-order valence-corrected chi connectivity index (χ2v) is 8.04. The Morgan fingerprint density at radius 1 is 1.28 bits per heavy atom. The van der Waals surface area contributed by atoms with Crippen molar-refractivity contribution in [3.05, 3.63) is 40.2 Å². The third kappa shape index (κ3) is 7.25. The van der Waals surface area contributed by atoms with Gasteiger partial charge in [-0.25, -0.2) is 4.79 Å². The number of unbranched alkanes of at least 4 members (excludes halogenated alkanes) is 2. The minimum absolute atomic E-state index is 0.179. The molecule has 6 nitrogen and oxygen atoms in total.